The fraction of sp³-hybridized carbons (Fsp3) is 0.481. The van der Waals surface area contributed by atoms with Crippen LogP contribution >= 0.6 is 0 Å². The van der Waals surface area contributed by atoms with Gasteiger partial charge in [-0.1, -0.05) is 48.6 Å². The minimum Gasteiger partial charge on any atom is -0.497 e. The molecule has 2 aromatic rings. The maximum atomic E-state index is 12.3. The smallest absolute Gasteiger partial charge is 0.337 e. The molecule has 2 N–H and O–H groups in total. The molecular weight excluding hydrogens is 462 g/mol. The molecule has 0 saturated heterocycles. The second-order valence-corrected chi connectivity index (χ2v) is 14.0. The average molecular weight is 502 g/mol. The molecule has 7 nitrogen and oxygen atoms in total. The molecule has 0 fully saturated rings. The first-order chi connectivity index (χ1) is 16.7. The zero-order chi connectivity index (χ0) is 25.9. The quantitative estimate of drug-likeness (QED) is 0.182. The largest absolute Gasteiger partial charge is 0.497 e. The van der Waals surface area contributed by atoms with E-state index in [1.807, 2.05) is 36.4 Å². The fourth-order valence-electron chi connectivity index (χ4n) is 3.79. The highest BCUT2D eigenvalue weighted by molar-refractivity contribution is 6.89. The molecule has 0 aliphatic heterocycles. The summed E-state index contributed by atoms with van der Waals surface area (Å²) in [7, 11) is 0.136. The summed E-state index contributed by atoms with van der Waals surface area (Å²) in [6, 6.07) is 17.1. The van der Waals surface area contributed by atoms with Gasteiger partial charge in [-0.2, -0.15) is 0 Å². The van der Waals surface area contributed by atoms with E-state index in [1.165, 1.54) is 5.19 Å². The van der Waals surface area contributed by atoms with E-state index in [9.17, 15) is 9.59 Å². The lowest BCUT2D eigenvalue weighted by Crippen LogP contribution is -2.57. The van der Waals surface area contributed by atoms with E-state index in [0.29, 0.717) is 13.0 Å². The first kappa shape index (κ1) is 28.4. The Hall–Kier alpha value is -2.84. The number of hydrogen-bond acceptors (Lipinski definition) is 7. The van der Waals surface area contributed by atoms with Crippen molar-refractivity contribution in [1.82, 2.24) is 0 Å². The molecule has 0 spiro atoms. The third-order valence-electron chi connectivity index (χ3n) is 6.10. The summed E-state index contributed by atoms with van der Waals surface area (Å²) in [5.41, 5.74) is 5.25. The maximum absolute atomic E-state index is 12.3. The van der Waals surface area contributed by atoms with Gasteiger partial charge in [-0.25, -0.2) is 9.59 Å². The molecule has 0 aliphatic rings. The summed E-state index contributed by atoms with van der Waals surface area (Å²) in [5.74, 6) is 0.135. The number of hydrogen-bond donors (Lipinski definition) is 1. The van der Waals surface area contributed by atoms with Crippen LogP contribution in [0.1, 0.15) is 32.3 Å². The standard InChI is InChI=1S/C27H39NO6Si/c1-6-32-25(29)27(28,26(30)33-7-2)18-17-21-9-11-23(12-10-21)34-19-8-20-35(4,5)24-15-13-22(31-3)14-16-24/h9-16H,6-8,17-20,28H2,1-5H3. The van der Waals surface area contributed by atoms with Crippen molar-refractivity contribution in [1.29, 1.82) is 0 Å². The highest BCUT2D eigenvalue weighted by Crippen LogP contribution is 2.20. The molecule has 35 heavy (non-hydrogen) atoms. The van der Waals surface area contributed by atoms with Crippen LogP contribution in [0.4, 0.5) is 0 Å². The van der Waals surface area contributed by atoms with Crippen molar-refractivity contribution in [2.75, 3.05) is 26.9 Å². The normalized spacial score (nSPS) is 11.6. The Morgan fingerprint density at radius 1 is 0.886 bits per heavy atom. The molecule has 0 heterocycles. The van der Waals surface area contributed by atoms with Crippen LogP contribution in [0.3, 0.4) is 0 Å². The topological polar surface area (TPSA) is 97.1 Å². The molecule has 0 saturated carbocycles. The lowest BCUT2D eigenvalue weighted by molar-refractivity contribution is -0.164. The first-order valence-corrected chi connectivity index (χ1v) is 15.4. The van der Waals surface area contributed by atoms with Crippen LogP contribution < -0.4 is 20.4 Å². The van der Waals surface area contributed by atoms with Gasteiger partial charge in [0.2, 0.25) is 5.54 Å². The number of carbonyl (C=O) groups excluding carboxylic acids is 2. The zero-order valence-electron chi connectivity index (χ0n) is 21.6. The van der Waals surface area contributed by atoms with Gasteiger partial charge in [0.15, 0.2) is 0 Å². The molecular formula is C27H39NO6Si. The van der Waals surface area contributed by atoms with Gasteiger partial charge in [0.1, 0.15) is 11.5 Å². The summed E-state index contributed by atoms with van der Waals surface area (Å²) >= 11 is 0. The molecule has 0 unspecified atom stereocenters. The van der Waals surface area contributed by atoms with E-state index in [-0.39, 0.29) is 19.6 Å². The minimum atomic E-state index is -1.82. The Morgan fingerprint density at radius 3 is 1.94 bits per heavy atom. The number of benzene rings is 2. The number of nitrogens with two attached hydrogens (primary N) is 1. The van der Waals surface area contributed by atoms with E-state index in [0.717, 1.165) is 29.5 Å². The molecule has 192 valence electrons. The van der Waals surface area contributed by atoms with E-state index in [4.69, 9.17) is 24.7 Å². The SMILES string of the molecule is CCOC(=O)C(N)(CCc1ccc(OCCC[Si](C)(C)c2ccc(OC)cc2)cc1)C(=O)OCC. The van der Waals surface area contributed by atoms with E-state index in [1.54, 1.807) is 21.0 Å². The maximum Gasteiger partial charge on any atom is 0.337 e. The highest BCUT2D eigenvalue weighted by atomic mass is 28.3. The summed E-state index contributed by atoms with van der Waals surface area (Å²) in [5, 5.41) is 1.41. The van der Waals surface area contributed by atoms with Crippen molar-refractivity contribution < 1.29 is 28.5 Å². The molecule has 8 heteroatoms. The monoisotopic (exact) mass is 501 g/mol. The summed E-state index contributed by atoms with van der Waals surface area (Å²) in [4.78, 5) is 24.6. The molecule has 2 aromatic carbocycles. The molecule has 0 aliphatic carbocycles. The molecule has 2 rings (SSSR count). The summed E-state index contributed by atoms with van der Waals surface area (Å²) in [6.07, 6.45) is 1.49. The molecule has 0 atom stereocenters. The van der Waals surface area contributed by atoms with Crippen LogP contribution in [-0.2, 0) is 25.5 Å². The van der Waals surface area contributed by atoms with Gasteiger partial charge in [0, 0.05) is 0 Å². The number of aryl methyl sites for hydroxylation is 1. The van der Waals surface area contributed by atoms with Crippen LogP contribution in [0.2, 0.25) is 19.1 Å². The Kier molecular flexibility index (Phi) is 10.8. The van der Waals surface area contributed by atoms with Crippen molar-refractivity contribution in [3.05, 3.63) is 54.1 Å². The van der Waals surface area contributed by atoms with Crippen molar-refractivity contribution in [3.8, 4) is 11.5 Å². The zero-order valence-corrected chi connectivity index (χ0v) is 22.6. The Bertz CT molecular complexity index is 925. The number of rotatable bonds is 14. The van der Waals surface area contributed by atoms with Gasteiger partial charge in [0.25, 0.3) is 0 Å². The van der Waals surface area contributed by atoms with Crippen LogP contribution in [0.5, 0.6) is 11.5 Å². The summed E-state index contributed by atoms with van der Waals surface area (Å²) < 4.78 is 21.2. The predicted molar refractivity (Wildman–Crippen MR) is 140 cm³/mol. The molecule has 0 amide bonds. The highest BCUT2D eigenvalue weighted by Gasteiger charge is 2.44. The van der Waals surface area contributed by atoms with E-state index < -0.39 is 25.6 Å². The van der Waals surface area contributed by atoms with Crippen molar-refractivity contribution in [2.24, 2.45) is 5.73 Å². The first-order valence-electron chi connectivity index (χ1n) is 12.2. The predicted octanol–water partition coefficient (Wildman–Crippen LogP) is 3.84. The molecule has 0 bridgehead atoms. The van der Waals surface area contributed by atoms with E-state index in [2.05, 4.69) is 25.2 Å². The van der Waals surface area contributed by atoms with Gasteiger partial charge >= 0.3 is 11.9 Å². The third-order valence-corrected chi connectivity index (χ3v) is 9.60. The number of esters is 2. The van der Waals surface area contributed by atoms with Gasteiger partial charge in [-0.3, -0.25) is 0 Å². The van der Waals surface area contributed by atoms with Crippen LogP contribution in [-0.4, -0.2) is 52.5 Å². The van der Waals surface area contributed by atoms with Gasteiger partial charge < -0.3 is 24.7 Å². The third kappa shape index (κ3) is 8.11. The lowest BCUT2D eigenvalue weighted by atomic mass is 9.92. The van der Waals surface area contributed by atoms with Crippen molar-refractivity contribution >= 4 is 25.2 Å². The second kappa shape index (κ2) is 13.3. The van der Waals surface area contributed by atoms with Crippen molar-refractivity contribution in [2.45, 2.75) is 57.8 Å². The second-order valence-electron chi connectivity index (χ2n) is 9.12. The summed E-state index contributed by atoms with van der Waals surface area (Å²) in [6.45, 7) is 9.01. The number of ether oxygens (including phenoxy) is 4. The lowest BCUT2D eigenvalue weighted by Gasteiger charge is -2.24. The number of methoxy groups -OCH3 is 1. The van der Waals surface area contributed by atoms with E-state index >= 15 is 0 Å². The van der Waals surface area contributed by atoms with Crippen LogP contribution in [0, 0.1) is 0 Å². The molecule has 0 aromatic heterocycles. The Labute approximate surface area is 209 Å². The van der Waals surface area contributed by atoms with Crippen LogP contribution in [0.25, 0.3) is 0 Å². The number of carbonyl (C=O) groups is 2. The average Bonchev–Trinajstić information content (AvgIpc) is 2.86. The Morgan fingerprint density at radius 2 is 1.43 bits per heavy atom. The Balaban J connectivity index is 1.86. The molecule has 0 radical (unpaired) electrons. The van der Waals surface area contributed by atoms with Gasteiger partial charge in [0.05, 0.1) is 35.0 Å². The fourth-order valence-corrected chi connectivity index (χ4v) is 6.18. The van der Waals surface area contributed by atoms with Crippen molar-refractivity contribution in [3.63, 3.8) is 0 Å². The minimum absolute atomic E-state index is 0.0932. The van der Waals surface area contributed by atoms with Gasteiger partial charge in [-0.05, 0) is 62.9 Å². The van der Waals surface area contributed by atoms with Gasteiger partial charge in [-0.15, -0.1) is 0 Å². The van der Waals surface area contributed by atoms with Crippen LogP contribution in [0.15, 0.2) is 48.5 Å².